The molecule has 3 aromatic heterocycles. The van der Waals surface area contributed by atoms with Gasteiger partial charge in [-0.15, -0.1) is 0 Å². The molecule has 31 heavy (non-hydrogen) atoms. The Morgan fingerprint density at radius 3 is 2.71 bits per heavy atom. The van der Waals surface area contributed by atoms with E-state index in [-0.39, 0.29) is 22.0 Å². The number of nitrogens with one attached hydrogen (secondary N) is 2. The first-order chi connectivity index (χ1) is 15.1. The highest BCUT2D eigenvalue weighted by Crippen LogP contribution is 2.10. The summed E-state index contributed by atoms with van der Waals surface area (Å²) >= 11 is 0. The van der Waals surface area contributed by atoms with Gasteiger partial charge in [-0.05, 0) is 30.2 Å². The van der Waals surface area contributed by atoms with Crippen LogP contribution in [0.25, 0.3) is 16.7 Å². The van der Waals surface area contributed by atoms with E-state index < -0.39 is 5.91 Å². The standard InChI is InChI=1S/C23H23N5O3/c1-31-14-13-28-20(24)17(22(29)25-11-10-16-7-3-2-4-8-16)15-18-21(28)26-19-9-5-6-12-27(19)23(18)30/h2-9,12,15,24H,10-11,13-14H2,1H3,(H,25,29). The molecule has 8 nitrogen and oxygen atoms in total. The number of methoxy groups -OCH3 is 1. The zero-order chi connectivity index (χ0) is 21.8. The summed E-state index contributed by atoms with van der Waals surface area (Å²) in [6.45, 7) is 1.04. The van der Waals surface area contributed by atoms with Crippen molar-refractivity contribution in [1.29, 1.82) is 5.41 Å². The van der Waals surface area contributed by atoms with Gasteiger partial charge in [-0.2, -0.15) is 0 Å². The van der Waals surface area contributed by atoms with Crippen LogP contribution in [-0.4, -0.2) is 40.1 Å². The highest BCUT2D eigenvalue weighted by molar-refractivity contribution is 5.96. The second-order valence-electron chi connectivity index (χ2n) is 7.13. The van der Waals surface area contributed by atoms with Crippen LogP contribution in [0.5, 0.6) is 0 Å². The van der Waals surface area contributed by atoms with Gasteiger partial charge in [-0.25, -0.2) is 4.98 Å². The molecular weight excluding hydrogens is 394 g/mol. The lowest BCUT2D eigenvalue weighted by molar-refractivity contribution is 0.0951. The van der Waals surface area contributed by atoms with Gasteiger partial charge in [0, 0.05) is 26.4 Å². The Balaban J connectivity index is 1.75. The van der Waals surface area contributed by atoms with E-state index in [1.165, 1.54) is 10.5 Å². The predicted molar refractivity (Wildman–Crippen MR) is 117 cm³/mol. The number of hydrogen-bond acceptors (Lipinski definition) is 5. The molecule has 0 aliphatic rings. The third kappa shape index (κ3) is 4.10. The number of hydrogen-bond donors (Lipinski definition) is 2. The number of carbonyl (C=O) groups is 1. The van der Waals surface area contributed by atoms with E-state index in [9.17, 15) is 9.59 Å². The van der Waals surface area contributed by atoms with Crippen LogP contribution in [0, 0.1) is 5.41 Å². The Labute approximate surface area is 178 Å². The fraction of sp³-hybridized carbons (Fsp3) is 0.217. The normalized spacial score (nSPS) is 11.1. The molecule has 158 valence electrons. The highest BCUT2D eigenvalue weighted by Gasteiger charge is 2.17. The van der Waals surface area contributed by atoms with Crippen LogP contribution in [0.1, 0.15) is 15.9 Å². The van der Waals surface area contributed by atoms with Gasteiger partial charge in [0.25, 0.3) is 11.5 Å². The molecule has 0 unspecified atom stereocenters. The SMILES string of the molecule is COCCn1c(=N)c(C(=O)NCCc2ccccc2)cc2c(=O)n3ccccc3nc21. The first-order valence-electron chi connectivity index (χ1n) is 10.0. The minimum atomic E-state index is -0.397. The van der Waals surface area contributed by atoms with E-state index in [1.54, 1.807) is 36.1 Å². The van der Waals surface area contributed by atoms with Gasteiger partial charge >= 0.3 is 0 Å². The number of ether oxygens (including phenoxy) is 1. The van der Waals surface area contributed by atoms with Crippen molar-refractivity contribution in [3.8, 4) is 0 Å². The molecule has 8 heteroatoms. The Bertz CT molecular complexity index is 1360. The fourth-order valence-electron chi connectivity index (χ4n) is 3.52. The van der Waals surface area contributed by atoms with Gasteiger partial charge in [0.15, 0.2) is 0 Å². The molecule has 0 atom stereocenters. The highest BCUT2D eigenvalue weighted by atomic mass is 16.5. The smallest absolute Gasteiger partial charge is 0.267 e. The summed E-state index contributed by atoms with van der Waals surface area (Å²) in [7, 11) is 1.56. The summed E-state index contributed by atoms with van der Waals surface area (Å²) in [5.41, 5.74) is 1.78. The number of carbonyl (C=O) groups excluding carboxylic acids is 1. The van der Waals surface area contributed by atoms with Crippen molar-refractivity contribution in [2.75, 3.05) is 20.3 Å². The van der Waals surface area contributed by atoms with Gasteiger partial charge in [0.05, 0.1) is 17.6 Å². The largest absolute Gasteiger partial charge is 0.383 e. The second kappa shape index (κ2) is 8.93. The monoisotopic (exact) mass is 417 g/mol. The third-order valence-electron chi connectivity index (χ3n) is 5.12. The molecule has 0 bridgehead atoms. The maximum absolute atomic E-state index is 13.1. The molecule has 3 heterocycles. The third-order valence-corrected chi connectivity index (χ3v) is 5.12. The minimum Gasteiger partial charge on any atom is -0.383 e. The first-order valence-corrected chi connectivity index (χ1v) is 10.0. The van der Waals surface area contributed by atoms with Gasteiger partial charge < -0.3 is 14.6 Å². The van der Waals surface area contributed by atoms with Crippen LogP contribution in [0.2, 0.25) is 0 Å². The van der Waals surface area contributed by atoms with Gasteiger partial charge in [0.2, 0.25) is 0 Å². The van der Waals surface area contributed by atoms with E-state index in [0.717, 1.165) is 5.56 Å². The van der Waals surface area contributed by atoms with Crippen molar-refractivity contribution in [2.24, 2.45) is 0 Å². The molecule has 2 N–H and O–H groups in total. The molecule has 1 amide bonds. The molecule has 4 rings (SSSR count). The molecule has 4 aromatic rings. The van der Waals surface area contributed by atoms with Crippen molar-refractivity contribution >= 4 is 22.6 Å². The number of nitrogens with zero attached hydrogens (tertiary/aromatic N) is 3. The van der Waals surface area contributed by atoms with Crippen molar-refractivity contribution in [3.63, 3.8) is 0 Å². The van der Waals surface area contributed by atoms with Crippen LogP contribution >= 0.6 is 0 Å². The lowest BCUT2D eigenvalue weighted by Crippen LogP contribution is -2.36. The summed E-state index contributed by atoms with van der Waals surface area (Å²) in [6.07, 6.45) is 2.31. The van der Waals surface area contributed by atoms with Crippen molar-refractivity contribution < 1.29 is 9.53 Å². The zero-order valence-corrected chi connectivity index (χ0v) is 17.2. The minimum absolute atomic E-state index is 0.00561. The quantitative estimate of drug-likeness (QED) is 0.447. The van der Waals surface area contributed by atoms with Gasteiger partial charge in [0.1, 0.15) is 16.8 Å². The molecule has 0 saturated heterocycles. The average Bonchev–Trinajstić information content (AvgIpc) is 2.79. The number of fused-ring (bicyclic) bond motifs is 2. The zero-order valence-electron chi connectivity index (χ0n) is 17.2. The van der Waals surface area contributed by atoms with E-state index in [4.69, 9.17) is 10.1 Å². The van der Waals surface area contributed by atoms with Crippen LogP contribution in [0.4, 0.5) is 0 Å². The topological polar surface area (TPSA) is 101 Å². The predicted octanol–water partition coefficient (Wildman–Crippen LogP) is 1.75. The number of rotatable bonds is 7. The number of aromatic nitrogens is 3. The number of pyridine rings is 2. The summed E-state index contributed by atoms with van der Waals surface area (Å²) in [6, 6.07) is 16.6. The van der Waals surface area contributed by atoms with E-state index >= 15 is 0 Å². The van der Waals surface area contributed by atoms with Crippen LogP contribution in [0.3, 0.4) is 0 Å². The van der Waals surface area contributed by atoms with Crippen molar-refractivity contribution in [1.82, 2.24) is 19.3 Å². The maximum Gasteiger partial charge on any atom is 0.267 e. The maximum atomic E-state index is 13.1. The molecule has 0 fully saturated rings. The van der Waals surface area contributed by atoms with Crippen molar-refractivity contribution in [3.05, 3.63) is 87.8 Å². The van der Waals surface area contributed by atoms with Gasteiger partial charge in [-0.1, -0.05) is 36.4 Å². The summed E-state index contributed by atoms with van der Waals surface area (Å²) < 4.78 is 8.15. The van der Waals surface area contributed by atoms with Crippen molar-refractivity contribution in [2.45, 2.75) is 13.0 Å². The Hall–Kier alpha value is -3.78. The van der Waals surface area contributed by atoms with E-state index in [0.29, 0.717) is 37.4 Å². The summed E-state index contributed by atoms with van der Waals surface area (Å²) in [5, 5.41) is 11.8. The molecule has 0 saturated carbocycles. The van der Waals surface area contributed by atoms with Crippen LogP contribution in [-0.2, 0) is 17.7 Å². The average molecular weight is 417 g/mol. The first kappa shape index (κ1) is 20.5. The summed E-state index contributed by atoms with van der Waals surface area (Å²) in [4.78, 5) is 30.6. The van der Waals surface area contributed by atoms with E-state index in [1.807, 2.05) is 30.3 Å². The Morgan fingerprint density at radius 1 is 1.16 bits per heavy atom. The van der Waals surface area contributed by atoms with Gasteiger partial charge in [-0.3, -0.25) is 19.4 Å². The lowest BCUT2D eigenvalue weighted by atomic mass is 10.1. The summed E-state index contributed by atoms with van der Waals surface area (Å²) in [5.74, 6) is -0.397. The Kier molecular flexibility index (Phi) is 5.90. The fourth-order valence-corrected chi connectivity index (χ4v) is 3.52. The number of benzene rings is 1. The molecule has 1 aromatic carbocycles. The lowest BCUT2D eigenvalue weighted by Gasteiger charge is -2.14. The van der Waals surface area contributed by atoms with E-state index in [2.05, 4.69) is 10.3 Å². The Morgan fingerprint density at radius 2 is 1.94 bits per heavy atom. The van der Waals surface area contributed by atoms with Crippen LogP contribution in [0.15, 0.2) is 65.6 Å². The molecule has 0 aliphatic heterocycles. The second-order valence-corrected chi connectivity index (χ2v) is 7.13. The van der Waals surface area contributed by atoms with Crippen LogP contribution < -0.4 is 16.4 Å². The molecule has 0 radical (unpaired) electrons. The molecular formula is C23H23N5O3. The molecule has 0 spiro atoms. The number of amides is 1. The molecule has 0 aliphatic carbocycles.